The van der Waals surface area contributed by atoms with Crippen LogP contribution in [-0.2, 0) is 0 Å². The summed E-state index contributed by atoms with van der Waals surface area (Å²) in [6.45, 7) is 2.17. The third kappa shape index (κ3) is 3.04. The van der Waals surface area contributed by atoms with Gasteiger partial charge in [-0.15, -0.1) is 11.3 Å². The Labute approximate surface area is 99.8 Å². The molecular weight excluding hydrogens is 284 g/mol. The molecule has 0 fully saturated rings. The topological polar surface area (TPSA) is 55.1 Å². The number of thiocarbonyl (C=S) groups is 1. The second-order valence-electron chi connectivity index (χ2n) is 2.72. The van der Waals surface area contributed by atoms with E-state index < -0.39 is 0 Å². The van der Waals surface area contributed by atoms with Crippen LogP contribution in [0.5, 0.6) is 0 Å². The lowest BCUT2D eigenvalue weighted by atomic mass is 10.3. The molecule has 0 unspecified atom stereocenters. The largest absolute Gasteiger partial charge is 0.392 e. The summed E-state index contributed by atoms with van der Waals surface area (Å²) in [5.74, 6) is -0.142. The molecule has 1 amide bonds. The minimum absolute atomic E-state index is 0.142. The maximum absolute atomic E-state index is 11.5. The number of amides is 1. The maximum Gasteiger partial charge on any atom is 0.261 e. The third-order valence-electron chi connectivity index (χ3n) is 1.50. The molecular formula is C8H9BrN2OS2. The summed E-state index contributed by atoms with van der Waals surface area (Å²) < 4.78 is 0.970. The average molecular weight is 293 g/mol. The van der Waals surface area contributed by atoms with Crippen LogP contribution in [0.15, 0.2) is 9.85 Å². The Morgan fingerprint density at radius 1 is 1.79 bits per heavy atom. The van der Waals surface area contributed by atoms with E-state index in [-0.39, 0.29) is 17.4 Å². The first-order valence-electron chi connectivity index (χ1n) is 3.83. The van der Waals surface area contributed by atoms with Crippen molar-refractivity contribution in [2.75, 3.05) is 6.54 Å². The molecule has 0 aliphatic heterocycles. The van der Waals surface area contributed by atoms with Crippen LogP contribution in [0, 0.1) is 6.92 Å². The summed E-state index contributed by atoms with van der Waals surface area (Å²) in [5, 5.41) is 2.62. The fourth-order valence-corrected chi connectivity index (χ4v) is 2.35. The molecule has 0 radical (unpaired) electrons. The number of halogens is 1. The van der Waals surface area contributed by atoms with E-state index in [0.29, 0.717) is 4.88 Å². The number of rotatable bonds is 3. The minimum Gasteiger partial charge on any atom is -0.392 e. The van der Waals surface area contributed by atoms with Crippen LogP contribution in [0.3, 0.4) is 0 Å². The van der Waals surface area contributed by atoms with E-state index >= 15 is 0 Å². The molecule has 6 heteroatoms. The van der Waals surface area contributed by atoms with Crippen LogP contribution in [0.25, 0.3) is 0 Å². The highest BCUT2D eigenvalue weighted by molar-refractivity contribution is 9.11. The van der Waals surface area contributed by atoms with E-state index in [1.165, 1.54) is 11.3 Å². The number of aryl methyl sites for hydroxylation is 1. The Morgan fingerprint density at radius 3 is 2.86 bits per heavy atom. The number of nitrogens with one attached hydrogen (secondary N) is 1. The lowest BCUT2D eigenvalue weighted by molar-refractivity contribution is 0.0963. The van der Waals surface area contributed by atoms with Gasteiger partial charge in [0.2, 0.25) is 0 Å². The summed E-state index contributed by atoms with van der Waals surface area (Å²) in [6.07, 6.45) is 0. The lowest BCUT2D eigenvalue weighted by Gasteiger charge is -2.00. The Morgan fingerprint density at radius 2 is 2.43 bits per heavy atom. The van der Waals surface area contributed by atoms with Crippen LogP contribution < -0.4 is 11.1 Å². The number of carbonyl (C=O) groups is 1. The van der Waals surface area contributed by atoms with Gasteiger partial charge in [-0.3, -0.25) is 4.79 Å². The number of hydrogen-bond acceptors (Lipinski definition) is 3. The Bertz CT molecular complexity index is 356. The SMILES string of the molecule is Cc1cc(C(=O)NCC(N)=S)sc1Br. The van der Waals surface area contributed by atoms with Crippen molar-refractivity contribution in [1.82, 2.24) is 5.32 Å². The molecule has 3 N–H and O–H groups in total. The zero-order valence-electron chi connectivity index (χ0n) is 7.46. The number of carbonyl (C=O) groups excluding carboxylic acids is 1. The van der Waals surface area contributed by atoms with Crippen molar-refractivity contribution in [2.45, 2.75) is 6.92 Å². The Balaban J connectivity index is 2.65. The van der Waals surface area contributed by atoms with Gasteiger partial charge < -0.3 is 11.1 Å². The van der Waals surface area contributed by atoms with Crippen molar-refractivity contribution in [3.05, 3.63) is 20.3 Å². The molecule has 0 aliphatic rings. The van der Waals surface area contributed by atoms with E-state index in [9.17, 15) is 4.79 Å². The lowest BCUT2D eigenvalue weighted by Crippen LogP contribution is -2.31. The fraction of sp³-hybridized carbons (Fsp3) is 0.250. The van der Waals surface area contributed by atoms with Crippen molar-refractivity contribution in [1.29, 1.82) is 0 Å². The van der Waals surface area contributed by atoms with Gasteiger partial charge in [-0.25, -0.2) is 0 Å². The molecule has 14 heavy (non-hydrogen) atoms. The Hall–Kier alpha value is -0.460. The summed E-state index contributed by atoms with van der Waals surface area (Å²) in [5.41, 5.74) is 6.32. The zero-order chi connectivity index (χ0) is 10.7. The molecule has 0 aliphatic carbocycles. The highest BCUT2D eigenvalue weighted by atomic mass is 79.9. The van der Waals surface area contributed by atoms with Crippen molar-refractivity contribution in [3.63, 3.8) is 0 Å². The molecule has 1 rings (SSSR count). The van der Waals surface area contributed by atoms with Gasteiger partial charge >= 0.3 is 0 Å². The summed E-state index contributed by atoms with van der Waals surface area (Å²) in [4.78, 5) is 12.4. The molecule has 76 valence electrons. The molecule has 1 aromatic heterocycles. The van der Waals surface area contributed by atoms with Crippen molar-refractivity contribution in [2.24, 2.45) is 5.73 Å². The van der Waals surface area contributed by atoms with Crippen LogP contribution >= 0.6 is 39.5 Å². The van der Waals surface area contributed by atoms with Gasteiger partial charge in [0.15, 0.2) is 0 Å². The average Bonchev–Trinajstić information content (AvgIpc) is 2.43. The van der Waals surface area contributed by atoms with Gasteiger partial charge in [-0.05, 0) is 34.5 Å². The Kier molecular flexibility index (Phi) is 4.03. The first-order chi connectivity index (χ1) is 6.50. The smallest absolute Gasteiger partial charge is 0.261 e. The van der Waals surface area contributed by atoms with Crippen molar-refractivity contribution < 1.29 is 4.79 Å². The van der Waals surface area contributed by atoms with E-state index in [4.69, 9.17) is 5.73 Å². The molecule has 3 nitrogen and oxygen atoms in total. The monoisotopic (exact) mass is 292 g/mol. The van der Waals surface area contributed by atoms with E-state index in [1.54, 1.807) is 0 Å². The van der Waals surface area contributed by atoms with Crippen LogP contribution in [0.1, 0.15) is 15.2 Å². The summed E-state index contributed by atoms with van der Waals surface area (Å²) >= 11 is 9.40. The molecule has 0 aromatic carbocycles. The molecule has 0 saturated heterocycles. The van der Waals surface area contributed by atoms with Gasteiger partial charge in [-0.2, -0.15) is 0 Å². The normalized spacial score (nSPS) is 9.86. The quantitative estimate of drug-likeness (QED) is 0.836. The summed E-state index contributed by atoms with van der Waals surface area (Å²) in [7, 11) is 0. The molecule has 1 aromatic rings. The molecule has 1 heterocycles. The minimum atomic E-state index is -0.142. The van der Waals surface area contributed by atoms with Crippen molar-refractivity contribution >= 4 is 50.4 Å². The number of thiophene rings is 1. The molecule has 0 bridgehead atoms. The van der Waals surface area contributed by atoms with Crippen LogP contribution in [0.4, 0.5) is 0 Å². The van der Waals surface area contributed by atoms with Crippen LogP contribution in [-0.4, -0.2) is 17.4 Å². The molecule has 0 saturated carbocycles. The highest BCUT2D eigenvalue weighted by Crippen LogP contribution is 2.26. The fourth-order valence-electron chi connectivity index (χ4n) is 0.826. The van der Waals surface area contributed by atoms with Gasteiger partial charge in [0.25, 0.3) is 5.91 Å². The standard InChI is InChI=1S/C8H9BrN2OS2/c1-4-2-5(14-7(4)9)8(12)11-3-6(10)13/h2H,3H2,1H3,(H2,10,13)(H,11,12). The number of hydrogen-bond donors (Lipinski definition) is 2. The number of nitrogens with two attached hydrogens (primary N) is 1. The van der Waals surface area contributed by atoms with Crippen molar-refractivity contribution in [3.8, 4) is 0 Å². The first kappa shape index (κ1) is 11.6. The predicted molar refractivity (Wildman–Crippen MR) is 65.9 cm³/mol. The van der Waals surface area contributed by atoms with E-state index in [2.05, 4.69) is 33.5 Å². The predicted octanol–water partition coefficient (Wildman–Crippen LogP) is 1.83. The second kappa shape index (κ2) is 4.86. The van der Waals surface area contributed by atoms with Gasteiger partial charge in [0.05, 0.1) is 20.2 Å². The van der Waals surface area contributed by atoms with E-state index in [0.717, 1.165) is 9.35 Å². The zero-order valence-corrected chi connectivity index (χ0v) is 10.7. The maximum atomic E-state index is 11.5. The highest BCUT2D eigenvalue weighted by Gasteiger charge is 2.10. The molecule has 0 atom stereocenters. The van der Waals surface area contributed by atoms with Crippen LogP contribution in [0.2, 0.25) is 0 Å². The first-order valence-corrected chi connectivity index (χ1v) is 5.85. The molecule has 0 spiro atoms. The van der Waals surface area contributed by atoms with Gasteiger partial charge in [0.1, 0.15) is 0 Å². The summed E-state index contributed by atoms with van der Waals surface area (Å²) in [6, 6.07) is 1.82. The second-order valence-corrected chi connectivity index (χ2v) is 5.61. The van der Waals surface area contributed by atoms with E-state index in [1.807, 2.05) is 13.0 Å². The van der Waals surface area contributed by atoms with Gasteiger partial charge in [0, 0.05) is 0 Å². The van der Waals surface area contributed by atoms with Gasteiger partial charge in [-0.1, -0.05) is 12.2 Å². The third-order valence-corrected chi connectivity index (χ3v) is 3.78.